The maximum atomic E-state index is 12.6. The fraction of sp³-hybridized carbons (Fsp3) is 0.500. The van der Waals surface area contributed by atoms with Crippen LogP contribution < -0.4 is 10.6 Å². The Balaban J connectivity index is 2.16. The van der Waals surface area contributed by atoms with E-state index in [1.807, 2.05) is 13.8 Å². The average molecular weight is 529 g/mol. The van der Waals surface area contributed by atoms with Crippen LogP contribution in [0.15, 0.2) is 18.2 Å². The van der Waals surface area contributed by atoms with Crippen LogP contribution in [0.25, 0.3) is 0 Å². The fourth-order valence-corrected chi connectivity index (χ4v) is 4.10. The molecule has 10 nitrogen and oxygen atoms in total. The van der Waals surface area contributed by atoms with Gasteiger partial charge in [0.1, 0.15) is 5.60 Å². The van der Waals surface area contributed by atoms with Crippen LogP contribution in [0, 0.1) is 5.92 Å². The van der Waals surface area contributed by atoms with Gasteiger partial charge in [-0.3, -0.25) is 24.0 Å². The first-order valence-corrected chi connectivity index (χ1v) is 11.8. The number of hydrogen-bond donors (Lipinski definition) is 3. The first-order chi connectivity index (χ1) is 16.4. The first kappa shape index (κ1) is 28.6. The van der Waals surface area contributed by atoms with Crippen molar-refractivity contribution < 1.29 is 38.4 Å². The molecule has 35 heavy (non-hydrogen) atoms. The second-order valence-corrected chi connectivity index (χ2v) is 9.45. The number of carboxylic acids is 1. The van der Waals surface area contributed by atoms with Gasteiger partial charge in [0, 0.05) is 11.4 Å². The molecule has 1 saturated heterocycles. The van der Waals surface area contributed by atoms with Gasteiger partial charge in [-0.05, 0) is 30.5 Å². The molecule has 2 atom stereocenters. The third kappa shape index (κ3) is 7.94. The number of carbonyl (C=O) groups is 5. The molecule has 2 amide bonds. The van der Waals surface area contributed by atoms with E-state index in [-0.39, 0.29) is 29.3 Å². The minimum absolute atomic E-state index is 0.000127. The number of nitrogens with one attached hydrogen (secondary N) is 2. The lowest BCUT2D eigenvalue weighted by Crippen LogP contribution is -2.61. The summed E-state index contributed by atoms with van der Waals surface area (Å²) in [6.07, 6.45) is -1.03. The molecule has 0 aliphatic carbocycles. The number of aliphatic carboxylic acids is 1. The van der Waals surface area contributed by atoms with E-state index in [0.717, 1.165) is 0 Å². The number of carbonyl (C=O) groups excluding carboxylic acids is 4. The highest BCUT2D eigenvalue weighted by Gasteiger charge is 2.53. The van der Waals surface area contributed by atoms with Gasteiger partial charge >= 0.3 is 13.1 Å². The lowest BCUT2D eigenvalue weighted by atomic mass is 9.70. The summed E-state index contributed by atoms with van der Waals surface area (Å²) in [5, 5.41) is 14.8. The van der Waals surface area contributed by atoms with E-state index in [0.29, 0.717) is 5.02 Å². The number of ketones is 1. The van der Waals surface area contributed by atoms with E-state index in [2.05, 4.69) is 10.6 Å². The summed E-state index contributed by atoms with van der Waals surface area (Å²) in [5.74, 6) is -4.83. The fourth-order valence-electron chi connectivity index (χ4n) is 3.72. The van der Waals surface area contributed by atoms with Crippen molar-refractivity contribution in [2.75, 3.05) is 6.54 Å². The van der Waals surface area contributed by atoms with Crippen molar-refractivity contribution in [2.24, 2.45) is 5.92 Å². The molecule has 0 unspecified atom stereocenters. The predicted molar refractivity (Wildman–Crippen MR) is 128 cm³/mol. The Morgan fingerprint density at radius 3 is 2.51 bits per heavy atom. The van der Waals surface area contributed by atoms with Gasteiger partial charge < -0.3 is 25.0 Å². The van der Waals surface area contributed by atoms with Crippen molar-refractivity contribution in [3.05, 3.63) is 33.8 Å². The molecule has 1 aromatic rings. The summed E-state index contributed by atoms with van der Waals surface area (Å²) in [5.41, 5.74) is -1.80. The summed E-state index contributed by atoms with van der Waals surface area (Å²) in [7, 11) is -1.39. The maximum absolute atomic E-state index is 12.6. The highest BCUT2D eigenvalue weighted by Crippen LogP contribution is 2.31. The Morgan fingerprint density at radius 2 is 1.91 bits per heavy atom. The van der Waals surface area contributed by atoms with Crippen LogP contribution in [0.3, 0.4) is 0 Å². The van der Waals surface area contributed by atoms with E-state index in [1.54, 1.807) is 0 Å². The van der Waals surface area contributed by atoms with Crippen molar-refractivity contribution in [3.63, 3.8) is 0 Å². The standard InChI is InChI=1S/C22H27BCl2N2O8/c1-4-16(28)22(9-19(30)31)10-20(32)34-23(35-22)17(7-12(2)3)27-18(29)11-26-21(33)14-8-13(24)5-6-15(14)25/h5-6,8,12,17H,4,7,9-11H2,1-3H3,(H,26,33)(H,27,29)(H,30,31)/t17-,22+/m0/s1. The number of amides is 2. The van der Waals surface area contributed by atoms with Crippen LogP contribution in [0.5, 0.6) is 0 Å². The minimum atomic E-state index is -1.89. The van der Waals surface area contributed by atoms with Crippen molar-refractivity contribution >= 4 is 59.9 Å². The third-order valence-electron chi connectivity index (χ3n) is 5.27. The highest BCUT2D eigenvalue weighted by atomic mass is 35.5. The molecule has 2 rings (SSSR count). The number of hydrogen-bond acceptors (Lipinski definition) is 7. The highest BCUT2D eigenvalue weighted by molar-refractivity contribution is 6.50. The number of benzene rings is 1. The van der Waals surface area contributed by atoms with E-state index >= 15 is 0 Å². The van der Waals surface area contributed by atoms with Crippen LogP contribution in [0.2, 0.25) is 10.0 Å². The lowest BCUT2D eigenvalue weighted by Gasteiger charge is -2.39. The smallest absolute Gasteiger partial charge is 0.508 e. The molecule has 190 valence electrons. The zero-order chi connectivity index (χ0) is 26.3. The van der Waals surface area contributed by atoms with E-state index < -0.39 is 67.6 Å². The van der Waals surface area contributed by atoms with Crippen molar-refractivity contribution in [3.8, 4) is 0 Å². The second-order valence-electron chi connectivity index (χ2n) is 8.60. The Morgan fingerprint density at radius 1 is 1.23 bits per heavy atom. The summed E-state index contributed by atoms with van der Waals surface area (Å²) >= 11 is 11.9. The van der Waals surface area contributed by atoms with Gasteiger partial charge in [0.25, 0.3) is 11.9 Å². The van der Waals surface area contributed by atoms with Gasteiger partial charge in [0.05, 0.1) is 35.9 Å². The maximum Gasteiger partial charge on any atom is 0.552 e. The minimum Gasteiger partial charge on any atom is -0.508 e. The van der Waals surface area contributed by atoms with Crippen molar-refractivity contribution in [2.45, 2.75) is 58.0 Å². The molecular weight excluding hydrogens is 502 g/mol. The molecule has 1 aromatic carbocycles. The Labute approximate surface area is 213 Å². The van der Waals surface area contributed by atoms with Gasteiger partial charge in [0.15, 0.2) is 5.78 Å². The van der Waals surface area contributed by atoms with E-state index in [9.17, 15) is 29.1 Å². The molecule has 3 N–H and O–H groups in total. The molecule has 0 radical (unpaired) electrons. The summed E-state index contributed by atoms with van der Waals surface area (Å²) in [6.45, 7) is 4.81. The topological polar surface area (TPSA) is 148 Å². The molecule has 0 aromatic heterocycles. The molecule has 1 aliphatic heterocycles. The normalized spacial score (nSPS) is 18.6. The SMILES string of the molecule is CCC(=O)[C@@]1(CC(=O)O)CC(=O)OB([C@H](CC(C)C)NC(=O)CNC(=O)c2cc(Cl)ccc2Cl)O1. The zero-order valence-corrected chi connectivity index (χ0v) is 21.1. The van der Waals surface area contributed by atoms with Crippen LogP contribution in [0.1, 0.15) is 56.8 Å². The largest absolute Gasteiger partial charge is 0.552 e. The van der Waals surface area contributed by atoms with Crippen molar-refractivity contribution in [1.29, 1.82) is 0 Å². The van der Waals surface area contributed by atoms with E-state index in [4.69, 9.17) is 32.5 Å². The van der Waals surface area contributed by atoms with Gasteiger partial charge in [-0.1, -0.05) is 44.0 Å². The van der Waals surface area contributed by atoms with Gasteiger partial charge in [0.2, 0.25) is 5.91 Å². The van der Waals surface area contributed by atoms with Crippen LogP contribution >= 0.6 is 23.2 Å². The average Bonchev–Trinajstić information content (AvgIpc) is 2.76. The quantitative estimate of drug-likeness (QED) is 0.371. The van der Waals surface area contributed by atoms with Crippen LogP contribution in [-0.2, 0) is 28.5 Å². The number of halogens is 2. The van der Waals surface area contributed by atoms with E-state index in [1.165, 1.54) is 25.1 Å². The predicted octanol–water partition coefficient (Wildman–Crippen LogP) is 2.44. The number of Topliss-reactive ketones (excluding diaryl/α,β-unsaturated/α-hetero) is 1. The molecule has 1 fully saturated rings. The molecule has 1 heterocycles. The Hall–Kier alpha value is -2.63. The van der Waals surface area contributed by atoms with Crippen molar-refractivity contribution in [1.82, 2.24) is 10.6 Å². The molecule has 0 bridgehead atoms. The number of carboxylic acid groups (broad SMARTS) is 1. The molecule has 0 spiro atoms. The second kappa shape index (κ2) is 12.4. The molecule has 1 aliphatic rings. The van der Waals surface area contributed by atoms with Gasteiger partial charge in [-0.25, -0.2) is 0 Å². The summed E-state index contributed by atoms with van der Waals surface area (Å²) in [6, 6.07) is 4.33. The monoisotopic (exact) mass is 528 g/mol. The first-order valence-electron chi connectivity index (χ1n) is 11.0. The summed E-state index contributed by atoms with van der Waals surface area (Å²) in [4.78, 5) is 61.4. The summed E-state index contributed by atoms with van der Waals surface area (Å²) < 4.78 is 11.1. The third-order valence-corrected chi connectivity index (χ3v) is 5.83. The Bertz CT molecular complexity index is 1000. The lowest BCUT2D eigenvalue weighted by molar-refractivity contribution is -0.163. The van der Waals surface area contributed by atoms with Gasteiger partial charge in [-0.15, -0.1) is 0 Å². The molecule has 0 saturated carbocycles. The van der Waals surface area contributed by atoms with Gasteiger partial charge in [-0.2, -0.15) is 0 Å². The molecular formula is C22H27BCl2N2O8. The number of rotatable bonds is 11. The zero-order valence-electron chi connectivity index (χ0n) is 19.6. The van der Waals surface area contributed by atoms with Crippen LogP contribution in [-0.4, -0.2) is 59.8 Å². The van der Waals surface area contributed by atoms with Crippen LogP contribution in [0.4, 0.5) is 0 Å². The molecule has 13 heteroatoms. The Kier molecular flexibility index (Phi) is 10.1.